The molecule has 1 fully saturated rings. The molecule has 1 aromatic heterocycles. The van der Waals surface area contributed by atoms with Gasteiger partial charge in [-0.05, 0) is 44.2 Å². The first-order valence-electron chi connectivity index (χ1n) is 8.20. The van der Waals surface area contributed by atoms with Crippen LogP contribution in [-0.4, -0.2) is 36.5 Å². The molecule has 0 amide bonds. The number of rotatable bonds is 6. The summed E-state index contributed by atoms with van der Waals surface area (Å²) < 4.78 is 11.4. The SMILES string of the molecule is CCc1nc(/C(N)=C(\COC2CCCCO2)N(C)N)ccc1C. The molecule has 2 rings (SSSR count). The van der Waals surface area contributed by atoms with E-state index < -0.39 is 0 Å². The number of hydrogen-bond donors (Lipinski definition) is 2. The summed E-state index contributed by atoms with van der Waals surface area (Å²) in [6.07, 6.45) is 3.81. The number of aryl methyl sites for hydroxylation is 2. The van der Waals surface area contributed by atoms with Crippen LogP contribution in [0.3, 0.4) is 0 Å². The third-order valence-corrected chi connectivity index (χ3v) is 4.09. The molecular weight excluding hydrogens is 292 g/mol. The molecule has 0 aliphatic carbocycles. The Hall–Kier alpha value is -1.63. The summed E-state index contributed by atoms with van der Waals surface area (Å²) in [5.74, 6) is 5.94. The highest BCUT2D eigenvalue weighted by Gasteiger charge is 2.17. The van der Waals surface area contributed by atoms with Crippen molar-refractivity contribution in [3.8, 4) is 0 Å². The summed E-state index contributed by atoms with van der Waals surface area (Å²) in [4.78, 5) is 4.64. The summed E-state index contributed by atoms with van der Waals surface area (Å²) in [6, 6.07) is 3.96. The lowest BCUT2D eigenvalue weighted by molar-refractivity contribution is -0.158. The predicted octanol–water partition coefficient (Wildman–Crippen LogP) is 1.93. The number of ether oxygens (including phenoxy) is 2. The van der Waals surface area contributed by atoms with E-state index in [-0.39, 0.29) is 6.29 Å². The molecule has 4 N–H and O–H groups in total. The fourth-order valence-corrected chi connectivity index (χ4v) is 2.61. The van der Waals surface area contributed by atoms with E-state index in [9.17, 15) is 0 Å². The Balaban J connectivity index is 2.17. The van der Waals surface area contributed by atoms with Crippen molar-refractivity contribution in [2.45, 2.75) is 45.8 Å². The quantitative estimate of drug-likeness (QED) is 0.615. The summed E-state index contributed by atoms with van der Waals surface area (Å²) in [7, 11) is 1.75. The van der Waals surface area contributed by atoms with Gasteiger partial charge in [-0.15, -0.1) is 0 Å². The van der Waals surface area contributed by atoms with Gasteiger partial charge in [-0.25, -0.2) is 5.84 Å². The van der Waals surface area contributed by atoms with Crippen LogP contribution in [0.25, 0.3) is 5.70 Å². The molecule has 1 aromatic rings. The van der Waals surface area contributed by atoms with E-state index in [4.69, 9.17) is 21.1 Å². The first kappa shape index (κ1) is 17.7. The van der Waals surface area contributed by atoms with Crippen LogP contribution in [0.1, 0.15) is 43.1 Å². The molecule has 23 heavy (non-hydrogen) atoms. The number of nitrogens with two attached hydrogens (primary N) is 2. The zero-order valence-electron chi connectivity index (χ0n) is 14.3. The van der Waals surface area contributed by atoms with Gasteiger partial charge in [0.25, 0.3) is 0 Å². The normalized spacial score (nSPS) is 19.4. The smallest absolute Gasteiger partial charge is 0.158 e. The van der Waals surface area contributed by atoms with Gasteiger partial charge in [0.15, 0.2) is 6.29 Å². The maximum atomic E-state index is 6.30. The molecule has 0 bridgehead atoms. The number of aromatic nitrogens is 1. The van der Waals surface area contributed by atoms with E-state index in [0.717, 1.165) is 43.7 Å². The van der Waals surface area contributed by atoms with Crippen LogP contribution in [0.15, 0.2) is 17.8 Å². The number of hydrazine groups is 1. The summed E-state index contributed by atoms with van der Waals surface area (Å²) in [5, 5.41) is 1.49. The molecule has 1 atom stereocenters. The zero-order valence-corrected chi connectivity index (χ0v) is 14.3. The summed E-state index contributed by atoms with van der Waals surface area (Å²) in [6.45, 7) is 5.19. The topological polar surface area (TPSA) is 86.6 Å². The van der Waals surface area contributed by atoms with Crippen molar-refractivity contribution >= 4 is 5.70 Å². The summed E-state index contributed by atoms with van der Waals surface area (Å²) in [5.41, 5.74) is 10.5. The Morgan fingerprint density at radius 2 is 2.22 bits per heavy atom. The Labute approximate surface area is 138 Å². The van der Waals surface area contributed by atoms with Gasteiger partial charge in [0.05, 0.1) is 23.7 Å². The second-order valence-corrected chi connectivity index (χ2v) is 5.89. The first-order chi connectivity index (χ1) is 11.0. The van der Waals surface area contributed by atoms with Crippen LogP contribution >= 0.6 is 0 Å². The van der Waals surface area contributed by atoms with Gasteiger partial charge in [0, 0.05) is 19.3 Å². The molecule has 0 spiro atoms. The Bertz CT molecular complexity index is 552. The second-order valence-electron chi connectivity index (χ2n) is 5.89. The largest absolute Gasteiger partial charge is 0.395 e. The maximum absolute atomic E-state index is 6.30. The molecule has 6 nitrogen and oxygen atoms in total. The van der Waals surface area contributed by atoms with E-state index in [1.165, 1.54) is 10.6 Å². The number of nitrogens with zero attached hydrogens (tertiary/aromatic N) is 2. The van der Waals surface area contributed by atoms with Crippen LogP contribution in [-0.2, 0) is 15.9 Å². The molecule has 0 saturated carbocycles. The maximum Gasteiger partial charge on any atom is 0.158 e. The van der Waals surface area contributed by atoms with E-state index in [2.05, 4.69) is 18.8 Å². The molecular formula is C17H28N4O2. The van der Waals surface area contributed by atoms with Crippen molar-refractivity contribution in [2.24, 2.45) is 11.6 Å². The minimum absolute atomic E-state index is 0.177. The number of likely N-dealkylation sites (N-methyl/N-ethyl adjacent to an activating group) is 1. The molecule has 6 heteroatoms. The van der Waals surface area contributed by atoms with Gasteiger partial charge < -0.3 is 20.2 Å². The van der Waals surface area contributed by atoms with Gasteiger partial charge in [-0.3, -0.25) is 4.98 Å². The predicted molar refractivity (Wildman–Crippen MR) is 91.0 cm³/mol. The Morgan fingerprint density at radius 1 is 1.43 bits per heavy atom. The third-order valence-electron chi connectivity index (χ3n) is 4.09. The molecule has 0 aromatic carbocycles. The van der Waals surface area contributed by atoms with Crippen molar-refractivity contribution in [1.29, 1.82) is 0 Å². The van der Waals surface area contributed by atoms with Crippen LogP contribution < -0.4 is 11.6 Å². The van der Waals surface area contributed by atoms with Gasteiger partial charge in [0.2, 0.25) is 0 Å². The van der Waals surface area contributed by atoms with Gasteiger partial charge in [-0.1, -0.05) is 13.0 Å². The minimum atomic E-state index is -0.177. The second kappa shape index (κ2) is 8.29. The highest BCUT2D eigenvalue weighted by Crippen LogP contribution is 2.19. The van der Waals surface area contributed by atoms with E-state index in [1.54, 1.807) is 7.05 Å². The molecule has 0 radical (unpaired) electrons. The Morgan fingerprint density at radius 3 is 2.83 bits per heavy atom. The number of hydrogen-bond acceptors (Lipinski definition) is 6. The van der Waals surface area contributed by atoms with Crippen LogP contribution in [0.4, 0.5) is 0 Å². The lowest BCUT2D eigenvalue weighted by Gasteiger charge is -2.26. The van der Waals surface area contributed by atoms with Gasteiger partial charge in [0.1, 0.15) is 0 Å². The minimum Gasteiger partial charge on any atom is -0.395 e. The molecule has 1 saturated heterocycles. The summed E-state index contributed by atoms with van der Waals surface area (Å²) >= 11 is 0. The van der Waals surface area contributed by atoms with Crippen LogP contribution in [0.5, 0.6) is 0 Å². The van der Waals surface area contributed by atoms with Crippen LogP contribution in [0.2, 0.25) is 0 Å². The fraction of sp³-hybridized carbons (Fsp3) is 0.588. The highest BCUT2D eigenvalue weighted by molar-refractivity contribution is 5.63. The molecule has 1 aliphatic rings. The molecule has 1 unspecified atom stereocenters. The standard InChI is InChI=1S/C17H28N4O2/c1-4-13-12(2)8-9-14(20-13)17(18)15(21(3)19)11-23-16-7-5-6-10-22-16/h8-9,16H,4-7,10-11,18-19H2,1-3H3/b17-15-. The molecule has 128 valence electrons. The molecule has 1 aliphatic heterocycles. The molecule has 2 heterocycles. The van der Waals surface area contributed by atoms with Crippen molar-refractivity contribution in [3.63, 3.8) is 0 Å². The van der Waals surface area contributed by atoms with Crippen molar-refractivity contribution in [2.75, 3.05) is 20.3 Å². The van der Waals surface area contributed by atoms with Crippen molar-refractivity contribution in [1.82, 2.24) is 9.99 Å². The highest BCUT2D eigenvalue weighted by atomic mass is 16.7. The zero-order chi connectivity index (χ0) is 16.8. The fourth-order valence-electron chi connectivity index (χ4n) is 2.61. The monoisotopic (exact) mass is 320 g/mol. The van der Waals surface area contributed by atoms with E-state index in [1.807, 2.05) is 12.1 Å². The van der Waals surface area contributed by atoms with Gasteiger partial charge >= 0.3 is 0 Å². The average Bonchev–Trinajstić information content (AvgIpc) is 2.56. The third kappa shape index (κ3) is 4.67. The van der Waals surface area contributed by atoms with E-state index >= 15 is 0 Å². The van der Waals surface area contributed by atoms with Crippen molar-refractivity contribution in [3.05, 3.63) is 34.8 Å². The average molecular weight is 320 g/mol. The first-order valence-corrected chi connectivity index (χ1v) is 8.20. The Kier molecular flexibility index (Phi) is 6.38. The lowest BCUT2D eigenvalue weighted by atomic mass is 10.1. The van der Waals surface area contributed by atoms with Gasteiger partial charge in [-0.2, -0.15) is 0 Å². The van der Waals surface area contributed by atoms with Crippen molar-refractivity contribution < 1.29 is 9.47 Å². The lowest BCUT2D eigenvalue weighted by Crippen LogP contribution is -2.33. The van der Waals surface area contributed by atoms with Crippen LogP contribution in [0, 0.1) is 6.92 Å². The van der Waals surface area contributed by atoms with E-state index in [0.29, 0.717) is 18.0 Å². The number of pyridine rings is 1.